The normalized spacial score (nSPS) is 10.6. The number of carbonyl (C=O) groups excluding carboxylic acids is 1. The van der Waals surface area contributed by atoms with Crippen molar-refractivity contribution in [2.75, 3.05) is 26.8 Å². The van der Waals surface area contributed by atoms with Crippen molar-refractivity contribution in [3.05, 3.63) is 23.7 Å². The Bertz CT molecular complexity index is 350. The van der Waals surface area contributed by atoms with Gasteiger partial charge < -0.3 is 19.8 Å². The number of aryl methyl sites for hydroxylation is 1. The highest BCUT2D eigenvalue weighted by Gasteiger charge is 2.02. The summed E-state index contributed by atoms with van der Waals surface area (Å²) in [6, 6.07) is 3.94. The van der Waals surface area contributed by atoms with Crippen LogP contribution >= 0.6 is 0 Å². The van der Waals surface area contributed by atoms with E-state index in [2.05, 4.69) is 17.6 Å². The summed E-state index contributed by atoms with van der Waals surface area (Å²) in [5, 5.41) is 5.94. The zero-order valence-electron chi connectivity index (χ0n) is 11.1. The van der Waals surface area contributed by atoms with Gasteiger partial charge in [-0.25, -0.2) is 0 Å². The Morgan fingerprint density at radius 3 is 2.78 bits per heavy atom. The molecule has 0 unspecified atom stereocenters. The van der Waals surface area contributed by atoms with Crippen LogP contribution in [0, 0.1) is 0 Å². The first-order chi connectivity index (χ1) is 8.76. The number of furan rings is 1. The van der Waals surface area contributed by atoms with E-state index in [1.807, 2.05) is 12.1 Å². The van der Waals surface area contributed by atoms with Gasteiger partial charge in [0.1, 0.15) is 11.5 Å². The zero-order valence-corrected chi connectivity index (χ0v) is 11.1. The van der Waals surface area contributed by atoms with Crippen molar-refractivity contribution in [1.29, 1.82) is 0 Å². The lowest BCUT2D eigenvalue weighted by molar-refractivity contribution is -0.121. The maximum atomic E-state index is 11.3. The molecule has 2 N–H and O–H groups in total. The van der Waals surface area contributed by atoms with E-state index in [9.17, 15) is 4.79 Å². The number of amides is 1. The van der Waals surface area contributed by atoms with E-state index in [0.717, 1.165) is 17.9 Å². The first kappa shape index (κ1) is 14.7. The molecule has 0 spiro atoms. The van der Waals surface area contributed by atoms with Crippen LogP contribution in [0.4, 0.5) is 0 Å². The Hall–Kier alpha value is -1.33. The molecule has 0 atom stereocenters. The highest BCUT2D eigenvalue weighted by atomic mass is 16.5. The van der Waals surface area contributed by atoms with Gasteiger partial charge in [-0.3, -0.25) is 4.79 Å². The SMILES string of the molecule is CCc1ccc(CNCCC(=O)NCCOC)o1. The zero-order chi connectivity index (χ0) is 13.2. The minimum atomic E-state index is 0.0354. The lowest BCUT2D eigenvalue weighted by atomic mass is 10.3. The summed E-state index contributed by atoms with van der Waals surface area (Å²) in [6.45, 7) is 4.46. The number of nitrogens with one attached hydrogen (secondary N) is 2. The molecule has 1 heterocycles. The third-order valence-corrected chi connectivity index (χ3v) is 2.52. The summed E-state index contributed by atoms with van der Waals surface area (Å²) in [6.07, 6.45) is 1.37. The fraction of sp³-hybridized carbons (Fsp3) is 0.615. The highest BCUT2D eigenvalue weighted by Crippen LogP contribution is 2.07. The number of rotatable bonds is 9. The largest absolute Gasteiger partial charge is 0.465 e. The molecule has 102 valence electrons. The molecule has 0 aliphatic heterocycles. The fourth-order valence-corrected chi connectivity index (χ4v) is 1.50. The Balaban J connectivity index is 2.05. The highest BCUT2D eigenvalue weighted by molar-refractivity contribution is 5.75. The van der Waals surface area contributed by atoms with Crippen LogP contribution in [0.3, 0.4) is 0 Å². The lowest BCUT2D eigenvalue weighted by Crippen LogP contribution is -2.29. The van der Waals surface area contributed by atoms with Crippen LogP contribution in [0.25, 0.3) is 0 Å². The molecule has 5 nitrogen and oxygen atoms in total. The minimum absolute atomic E-state index is 0.0354. The van der Waals surface area contributed by atoms with Gasteiger partial charge in [-0.2, -0.15) is 0 Å². The Labute approximate surface area is 108 Å². The molecule has 1 rings (SSSR count). The second kappa shape index (κ2) is 8.72. The van der Waals surface area contributed by atoms with Gasteiger partial charge in [-0.15, -0.1) is 0 Å². The molecule has 0 aliphatic rings. The fourth-order valence-electron chi connectivity index (χ4n) is 1.50. The Morgan fingerprint density at radius 1 is 1.33 bits per heavy atom. The first-order valence-corrected chi connectivity index (χ1v) is 6.30. The first-order valence-electron chi connectivity index (χ1n) is 6.30. The van der Waals surface area contributed by atoms with Crippen LogP contribution in [0.15, 0.2) is 16.5 Å². The molecule has 0 aliphatic carbocycles. The molecule has 0 bridgehead atoms. The van der Waals surface area contributed by atoms with Gasteiger partial charge in [0.15, 0.2) is 0 Å². The maximum Gasteiger partial charge on any atom is 0.221 e. The van der Waals surface area contributed by atoms with E-state index in [1.165, 1.54) is 0 Å². The van der Waals surface area contributed by atoms with E-state index in [-0.39, 0.29) is 5.91 Å². The van der Waals surface area contributed by atoms with E-state index in [0.29, 0.717) is 32.7 Å². The third-order valence-electron chi connectivity index (χ3n) is 2.52. The molecule has 5 heteroatoms. The molecule has 0 saturated heterocycles. The average molecular weight is 254 g/mol. The number of ether oxygens (including phenoxy) is 1. The predicted octanol–water partition coefficient (Wildman–Crippen LogP) is 1.08. The van der Waals surface area contributed by atoms with Crippen molar-refractivity contribution in [3.8, 4) is 0 Å². The topological polar surface area (TPSA) is 63.5 Å². The molecular weight excluding hydrogens is 232 g/mol. The predicted molar refractivity (Wildman–Crippen MR) is 69.3 cm³/mol. The minimum Gasteiger partial charge on any atom is -0.465 e. The molecule has 0 saturated carbocycles. The molecule has 1 aromatic rings. The Kier molecular flexibility index (Phi) is 7.13. The quantitative estimate of drug-likeness (QED) is 0.647. The molecule has 1 aromatic heterocycles. The maximum absolute atomic E-state index is 11.3. The molecule has 0 fully saturated rings. The van der Waals surface area contributed by atoms with Gasteiger partial charge in [0.25, 0.3) is 0 Å². The summed E-state index contributed by atoms with van der Waals surface area (Å²) in [5.74, 6) is 1.93. The smallest absolute Gasteiger partial charge is 0.221 e. The van der Waals surface area contributed by atoms with Gasteiger partial charge in [-0.1, -0.05) is 6.92 Å². The molecule has 0 aromatic carbocycles. The Morgan fingerprint density at radius 2 is 2.11 bits per heavy atom. The number of hydrogen-bond donors (Lipinski definition) is 2. The summed E-state index contributed by atoms with van der Waals surface area (Å²) in [5.41, 5.74) is 0. The van der Waals surface area contributed by atoms with Gasteiger partial charge in [-0.05, 0) is 12.1 Å². The summed E-state index contributed by atoms with van der Waals surface area (Å²) in [7, 11) is 1.61. The van der Waals surface area contributed by atoms with E-state index < -0.39 is 0 Å². The molecule has 0 radical (unpaired) electrons. The monoisotopic (exact) mass is 254 g/mol. The number of carbonyl (C=O) groups is 1. The van der Waals surface area contributed by atoms with Crippen molar-refractivity contribution in [2.24, 2.45) is 0 Å². The van der Waals surface area contributed by atoms with Gasteiger partial charge in [0.2, 0.25) is 5.91 Å². The lowest BCUT2D eigenvalue weighted by Gasteiger charge is -2.05. The van der Waals surface area contributed by atoms with E-state index >= 15 is 0 Å². The van der Waals surface area contributed by atoms with Gasteiger partial charge in [0, 0.05) is 33.0 Å². The van der Waals surface area contributed by atoms with Crippen LogP contribution in [0.2, 0.25) is 0 Å². The van der Waals surface area contributed by atoms with Crippen molar-refractivity contribution in [1.82, 2.24) is 10.6 Å². The van der Waals surface area contributed by atoms with Crippen LogP contribution in [0.1, 0.15) is 24.9 Å². The molecule has 1 amide bonds. The van der Waals surface area contributed by atoms with Gasteiger partial charge >= 0.3 is 0 Å². The summed E-state index contributed by atoms with van der Waals surface area (Å²) < 4.78 is 10.4. The van der Waals surface area contributed by atoms with Crippen LogP contribution in [-0.4, -0.2) is 32.7 Å². The van der Waals surface area contributed by atoms with Crippen molar-refractivity contribution in [3.63, 3.8) is 0 Å². The second-order valence-electron chi connectivity index (χ2n) is 3.99. The second-order valence-corrected chi connectivity index (χ2v) is 3.99. The van der Waals surface area contributed by atoms with Crippen molar-refractivity contribution in [2.45, 2.75) is 26.3 Å². The van der Waals surface area contributed by atoms with Crippen molar-refractivity contribution >= 4 is 5.91 Å². The average Bonchev–Trinajstić information content (AvgIpc) is 2.83. The number of methoxy groups -OCH3 is 1. The van der Waals surface area contributed by atoms with Crippen LogP contribution < -0.4 is 10.6 Å². The standard InChI is InChI=1S/C13H22N2O3/c1-3-11-4-5-12(18-11)10-14-7-6-13(16)15-8-9-17-2/h4-5,14H,3,6-10H2,1-2H3,(H,15,16). The number of hydrogen-bond acceptors (Lipinski definition) is 4. The van der Waals surface area contributed by atoms with Gasteiger partial charge in [0.05, 0.1) is 13.2 Å². The van der Waals surface area contributed by atoms with E-state index in [1.54, 1.807) is 7.11 Å². The van der Waals surface area contributed by atoms with E-state index in [4.69, 9.17) is 9.15 Å². The molecule has 18 heavy (non-hydrogen) atoms. The van der Waals surface area contributed by atoms with Crippen LogP contribution in [-0.2, 0) is 22.5 Å². The molecular formula is C13H22N2O3. The summed E-state index contributed by atoms with van der Waals surface area (Å²) in [4.78, 5) is 11.3. The summed E-state index contributed by atoms with van der Waals surface area (Å²) >= 11 is 0. The third kappa shape index (κ3) is 5.84. The van der Waals surface area contributed by atoms with Crippen LogP contribution in [0.5, 0.6) is 0 Å². The van der Waals surface area contributed by atoms with Crippen molar-refractivity contribution < 1.29 is 13.9 Å².